The average molecular weight is 188 g/mol. The summed E-state index contributed by atoms with van der Waals surface area (Å²) in [6, 6.07) is 0. The van der Waals surface area contributed by atoms with Crippen LogP contribution in [-0.2, 0) is 10.4 Å². The summed E-state index contributed by atoms with van der Waals surface area (Å²) in [6.07, 6.45) is -3.96. The fraction of sp³-hybridized carbons (Fsp3) is 1.00. The molecule has 0 atom stereocenters. The molecule has 11 heavy (non-hydrogen) atoms. The normalized spacial score (nSPS) is 11.9. The Morgan fingerprint density at radius 1 is 1.27 bits per heavy atom. The summed E-state index contributed by atoms with van der Waals surface area (Å²) >= 11 is 1.08. The van der Waals surface area contributed by atoms with Crippen molar-refractivity contribution < 1.29 is 30.7 Å². The van der Waals surface area contributed by atoms with E-state index in [9.17, 15) is 13.2 Å². The monoisotopic (exact) mass is 188 g/mol. The van der Waals surface area contributed by atoms with Crippen molar-refractivity contribution in [1.29, 1.82) is 0 Å². The molecule has 0 aliphatic rings. The molecule has 0 aliphatic carbocycles. The number of hydrogen-bond donors (Lipinski definition) is 2. The molecule has 0 radical (unpaired) electrons. The number of halogens is 3. The van der Waals surface area contributed by atoms with Gasteiger partial charge < -0.3 is 0 Å². The molecule has 9 heteroatoms. The second kappa shape index (κ2) is 5.00. The van der Waals surface area contributed by atoms with Crippen LogP contribution in [0.1, 0.15) is 0 Å². The van der Waals surface area contributed by atoms with Gasteiger partial charge in [-0.1, -0.05) is 0 Å². The molecule has 0 rings (SSSR count). The van der Waals surface area contributed by atoms with Crippen molar-refractivity contribution in [2.24, 2.45) is 0 Å². The molecule has 0 heterocycles. The molecule has 0 spiro atoms. The molecule has 0 aromatic heterocycles. The standard InChI is InChI=1S/C2H2F3.Li.H2O4S/c1-2(3,4)5;;1-5(2,3)4/h1H2;;(H2,1,2,3,4). The van der Waals surface area contributed by atoms with Crippen molar-refractivity contribution in [3.05, 3.63) is 0 Å². The van der Waals surface area contributed by atoms with E-state index >= 15 is 0 Å². The molecule has 0 bridgehead atoms. The van der Waals surface area contributed by atoms with Crippen LogP contribution >= 0.6 is 0 Å². The molecular formula is C2H4F3LiO4S. The molecule has 4 nitrogen and oxygen atoms in total. The molecule has 0 aliphatic heterocycles. The van der Waals surface area contributed by atoms with Gasteiger partial charge in [-0.3, -0.25) is 9.11 Å². The van der Waals surface area contributed by atoms with Gasteiger partial charge in [-0.05, 0) is 0 Å². The summed E-state index contributed by atoms with van der Waals surface area (Å²) < 4.78 is 63.9. The van der Waals surface area contributed by atoms with Gasteiger partial charge in [0.2, 0.25) is 0 Å². The molecule has 0 unspecified atom stereocenters. The second-order valence-corrected chi connectivity index (χ2v) is 2.31. The van der Waals surface area contributed by atoms with E-state index in [1.807, 2.05) is 0 Å². The second-order valence-electron chi connectivity index (χ2n) is 1.42. The summed E-state index contributed by atoms with van der Waals surface area (Å²) in [5, 5.41) is -0.729. The Morgan fingerprint density at radius 3 is 1.36 bits per heavy atom. The summed E-state index contributed by atoms with van der Waals surface area (Å²) in [4.78, 5) is 0. The van der Waals surface area contributed by atoms with Crippen LogP contribution < -0.4 is 0 Å². The molecule has 0 saturated carbocycles. The van der Waals surface area contributed by atoms with Crippen LogP contribution in [0.4, 0.5) is 13.2 Å². The van der Waals surface area contributed by atoms with Gasteiger partial charge in [0.15, 0.2) is 0 Å². The first kappa shape index (κ1) is 13.8. The minimum atomic E-state index is -4.67. The van der Waals surface area contributed by atoms with Gasteiger partial charge >= 0.3 is 52.6 Å². The van der Waals surface area contributed by atoms with E-state index in [0.29, 0.717) is 0 Å². The van der Waals surface area contributed by atoms with Gasteiger partial charge in [-0.2, -0.15) is 8.42 Å². The van der Waals surface area contributed by atoms with E-state index in [4.69, 9.17) is 17.5 Å². The fourth-order valence-electron chi connectivity index (χ4n) is 0. The average Bonchev–Trinajstić information content (AvgIpc) is 1.59. The molecular weight excluding hydrogens is 184 g/mol. The topological polar surface area (TPSA) is 74.6 Å². The van der Waals surface area contributed by atoms with Gasteiger partial charge in [0, 0.05) is 0 Å². The summed E-state index contributed by atoms with van der Waals surface area (Å²) in [5.74, 6) is 0. The van der Waals surface area contributed by atoms with Crippen molar-refractivity contribution in [1.82, 2.24) is 0 Å². The molecule has 2 N–H and O–H groups in total. The first-order valence-corrected chi connectivity index (χ1v) is 3.72. The van der Waals surface area contributed by atoms with Crippen LogP contribution in [-0.4, -0.2) is 41.4 Å². The fourth-order valence-corrected chi connectivity index (χ4v) is 0. The zero-order chi connectivity index (χ0) is 9.71. The predicted octanol–water partition coefficient (Wildman–Crippen LogP) is 0.483. The molecule has 0 saturated heterocycles. The van der Waals surface area contributed by atoms with Crippen LogP contribution in [0.5, 0.6) is 0 Å². The van der Waals surface area contributed by atoms with Gasteiger partial charge in [-0.25, -0.2) is 0 Å². The van der Waals surface area contributed by atoms with Crippen molar-refractivity contribution in [2.45, 2.75) is 11.3 Å². The van der Waals surface area contributed by atoms with Crippen LogP contribution in [0.15, 0.2) is 0 Å². The third kappa shape index (κ3) is 65.9. The van der Waals surface area contributed by atoms with E-state index in [-0.39, 0.29) is 0 Å². The first-order valence-electron chi connectivity index (χ1n) is 2.33. The third-order valence-corrected chi connectivity index (χ3v) is 0.401. The van der Waals surface area contributed by atoms with E-state index in [0.717, 1.165) is 17.7 Å². The summed E-state index contributed by atoms with van der Waals surface area (Å²) in [6.45, 7) is 0. The maximum absolute atomic E-state index is 10.8. The Morgan fingerprint density at radius 2 is 1.36 bits per heavy atom. The number of hydrogen-bond acceptors (Lipinski definition) is 2. The van der Waals surface area contributed by atoms with Crippen molar-refractivity contribution in [3.63, 3.8) is 0 Å². The van der Waals surface area contributed by atoms with Crippen molar-refractivity contribution in [2.75, 3.05) is 0 Å². The van der Waals surface area contributed by atoms with E-state index < -0.39 is 21.7 Å². The molecule has 0 aromatic carbocycles. The quantitative estimate of drug-likeness (QED) is 0.428. The predicted molar refractivity (Wildman–Crippen MR) is 30.8 cm³/mol. The molecule has 0 aromatic rings. The third-order valence-electron chi connectivity index (χ3n) is 0.401. The Labute approximate surface area is 70.6 Å². The number of rotatable bonds is 0. The van der Waals surface area contributed by atoms with Crippen molar-refractivity contribution in [3.8, 4) is 0 Å². The Kier molecular flexibility index (Phi) is 6.28. The molecule has 64 valence electrons. The maximum atomic E-state index is 10.8. The Bertz CT molecular complexity index is 176. The van der Waals surface area contributed by atoms with E-state index in [1.165, 1.54) is 0 Å². The van der Waals surface area contributed by atoms with Crippen LogP contribution in [0.25, 0.3) is 0 Å². The minimum absolute atomic E-state index is 0.729. The Balaban J connectivity index is 0. The summed E-state index contributed by atoms with van der Waals surface area (Å²) in [7, 11) is -4.67. The zero-order valence-corrected chi connectivity index (χ0v) is 6.28. The van der Waals surface area contributed by atoms with Gasteiger partial charge in [0.25, 0.3) is 0 Å². The van der Waals surface area contributed by atoms with Crippen LogP contribution in [0, 0.1) is 0 Å². The molecule has 0 amide bonds. The zero-order valence-electron chi connectivity index (χ0n) is 5.46. The van der Waals surface area contributed by atoms with Crippen molar-refractivity contribution >= 4 is 28.1 Å². The molecule has 0 fully saturated rings. The van der Waals surface area contributed by atoms with Crippen LogP contribution in [0.3, 0.4) is 0 Å². The number of alkyl halides is 3. The first-order chi connectivity index (χ1) is 4.56. The Hall–Kier alpha value is 0.257. The SMILES string of the molecule is O=S(=O)(O)O.[Li][CH2]C(F)(F)F. The van der Waals surface area contributed by atoms with E-state index in [2.05, 4.69) is 0 Å². The van der Waals surface area contributed by atoms with Gasteiger partial charge in [0.05, 0.1) is 0 Å². The van der Waals surface area contributed by atoms with E-state index in [1.54, 1.807) is 0 Å². The summed E-state index contributed by atoms with van der Waals surface area (Å²) in [5.41, 5.74) is 0. The van der Waals surface area contributed by atoms with Gasteiger partial charge in [-0.15, -0.1) is 0 Å². The van der Waals surface area contributed by atoms with Crippen LogP contribution in [0.2, 0.25) is 5.09 Å². The van der Waals surface area contributed by atoms with Gasteiger partial charge in [0.1, 0.15) is 0 Å².